The highest BCUT2D eigenvalue weighted by Crippen LogP contribution is 2.34. The van der Waals surface area contributed by atoms with Crippen molar-refractivity contribution in [3.63, 3.8) is 0 Å². The zero-order valence-electron chi connectivity index (χ0n) is 17.1. The summed E-state index contributed by atoms with van der Waals surface area (Å²) in [5, 5.41) is 7.36. The average Bonchev–Trinajstić information content (AvgIpc) is 3.38. The molecule has 0 fully saturated rings. The first-order valence-electron chi connectivity index (χ1n) is 10.2. The van der Waals surface area contributed by atoms with Crippen LogP contribution in [0.15, 0.2) is 60.9 Å². The second kappa shape index (κ2) is 7.47. The first kappa shape index (κ1) is 20.2. The van der Waals surface area contributed by atoms with Crippen LogP contribution in [0, 0.1) is 6.92 Å². The van der Waals surface area contributed by atoms with Gasteiger partial charge in [-0.25, -0.2) is 9.50 Å². The molecule has 1 aliphatic rings. The molecular formula is C24H19F3N4O. The SMILES string of the molecule is Cc1c(C(=O)N[C@H]2CCc3ccccc32)cnc2c(-c3cccc(C(F)(F)F)c3)cnn12. The van der Waals surface area contributed by atoms with Crippen molar-refractivity contribution in [2.24, 2.45) is 0 Å². The van der Waals surface area contributed by atoms with Crippen LogP contribution in [0.2, 0.25) is 0 Å². The van der Waals surface area contributed by atoms with Gasteiger partial charge in [0, 0.05) is 11.8 Å². The third-order valence-corrected chi connectivity index (χ3v) is 5.95. The number of fused-ring (bicyclic) bond motifs is 2. The van der Waals surface area contributed by atoms with Crippen LogP contribution in [-0.4, -0.2) is 20.5 Å². The van der Waals surface area contributed by atoms with Crippen molar-refractivity contribution in [1.82, 2.24) is 19.9 Å². The quantitative estimate of drug-likeness (QED) is 0.484. The number of nitrogens with one attached hydrogen (secondary N) is 1. The summed E-state index contributed by atoms with van der Waals surface area (Å²) in [6, 6.07) is 13.0. The molecular weight excluding hydrogens is 417 g/mol. The first-order valence-corrected chi connectivity index (χ1v) is 10.2. The normalized spacial score (nSPS) is 15.7. The molecule has 5 nitrogen and oxygen atoms in total. The largest absolute Gasteiger partial charge is 0.416 e. The monoisotopic (exact) mass is 436 g/mol. The highest BCUT2D eigenvalue weighted by molar-refractivity contribution is 5.96. The molecule has 5 rings (SSSR count). The number of carbonyl (C=O) groups is 1. The van der Waals surface area contributed by atoms with E-state index in [1.54, 1.807) is 13.0 Å². The molecule has 8 heteroatoms. The number of halogens is 3. The second-order valence-corrected chi connectivity index (χ2v) is 7.89. The molecule has 1 aliphatic carbocycles. The van der Waals surface area contributed by atoms with Gasteiger partial charge in [-0.2, -0.15) is 18.3 Å². The Kier molecular flexibility index (Phi) is 4.73. The van der Waals surface area contributed by atoms with Gasteiger partial charge in [0.2, 0.25) is 0 Å². The lowest BCUT2D eigenvalue weighted by Crippen LogP contribution is -2.28. The molecule has 32 heavy (non-hydrogen) atoms. The van der Waals surface area contributed by atoms with Crippen LogP contribution in [0.4, 0.5) is 13.2 Å². The van der Waals surface area contributed by atoms with E-state index in [4.69, 9.17) is 0 Å². The second-order valence-electron chi connectivity index (χ2n) is 7.89. The topological polar surface area (TPSA) is 59.3 Å². The highest BCUT2D eigenvalue weighted by atomic mass is 19.4. The Bertz CT molecular complexity index is 1340. The maximum atomic E-state index is 13.1. The number of hydrogen-bond acceptors (Lipinski definition) is 3. The van der Waals surface area contributed by atoms with Crippen LogP contribution < -0.4 is 5.32 Å². The third-order valence-electron chi connectivity index (χ3n) is 5.95. The minimum Gasteiger partial charge on any atom is -0.345 e. The molecule has 1 N–H and O–H groups in total. The summed E-state index contributed by atoms with van der Waals surface area (Å²) in [6.07, 6.45) is 0.240. The minimum absolute atomic E-state index is 0.0629. The molecule has 0 spiro atoms. The van der Waals surface area contributed by atoms with E-state index in [1.165, 1.54) is 28.5 Å². The zero-order valence-corrected chi connectivity index (χ0v) is 17.1. The molecule has 0 unspecified atom stereocenters. The predicted molar refractivity (Wildman–Crippen MR) is 113 cm³/mol. The fourth-order valence-electron chi connectivity index (χ4n) is 4.28. The lowest BCUT2D eigenvalue weighted by atomic mass is 10.1. The van der Waals surface area contributed by atoms with E-state index in [0.717, 1.165) is 30.5 Å². The van der Waals surface area contributed by atoms with Crippen molar-refractivity contribution >= 4 is 11.6 Å². The lowest BCUT2D eigenvalue weighted by molar-refractivity contribution is -0.137. The van der Waals surface area contributed by atoms with E-state index >= 15 is 0 Å². The Morgan fingerprint density at radius 3 is 2.75 bits per heavy atom. The number of alkyl halides is 3. The number of benzene rings is 2. The van der Waals surface area contributed by atoms with E-state index in [2.05, 4.69) is 21.5 Å². The minimum atomic E-state index is -4.44. The molecule has 0 radical (unpaired) electrons. The van der Waals surface area contributed by atoms with Gasteiger partial charge in [0.25, 0.3) is 5.91 Å². The van der Waals surface area contributed by atoms with E-state index in [0.29, 0.717) is 28.0 Å². The standard InChI is InChI=1S/C24H19F3N4O/c1-14-19(23(32)30-21-10-9-15-5-2-3-8-18(15)21)12-28-22-20(13-29-31(14)22)16-6-4-7-17(11-16)24(25,26)27/h2-8,11-13,21H,9-10H2,1H3,(H,30,32)/t21-/m0/s1. The summed E-state index contributed by atoms with van der Waals surface area (Å²) >= 11 is 0. The number of carbonyl (C=O) groups excluding carboxylic acids is 1. The molecule has 2 aromatic heterocycles. The van der Waals surface area contributed by atoms with E-state index < -0.39 is 11.7 Å². The van der Waals surface area contributed by atoms with Gasteiger partial charge in [-0.3, -0.25) is 4.79 Å². The maximum Gasteiger partial charge on any atom is 0.416 e. The number of amides is 1. The maximum absolute atomic E-state index is 13.1. The first-order chi connectivity index (χ1) is 15.3. The summed E-state index contributed by atoms with van der Waals surface area (Å²) in [6.45, 7) is 1.75. The van der Waals surface area contributed by atoms with Crippen molar-refractivity contribution in [2.75, 3.05) is 0 Å². The van der Waals surface area contributed by atoms with Crippen LogP contribution in [0.1, 0.15) is 45.2 Å². The Morgan fingerprint density at radius 2 is 1.94 bits per heavy atom. The van der Waals surface area contributed by atoms with Crippen molar-refractivity contribution in [1.29, 1.82) is 0 Å². The average molecular weight is 436 g/mol. The van der Waals surface area contributed by atoms with E-state index in [-0.39, 0.29) is 11.9 Å². The summed E-state index contributed by atoms with van der Waals surface area (Å²) < 4.78 is 40.8. The van der Waals surface area contributed by atoms with Crippen LogP contribution in [0.3, 0.4) is 0 Å². The smallest absolute Gasteiger partial charge is 0.345 e. The molecule has 1 atom stereocenters. The summed E-state index contributed by atoms with van der Waals surface area (Å²) in [7, 11) is 0. The summed E-state index contributed by atoms with van der Waals surface area (Å²) in [5.41, 5.74) is 3.79. The van der Waals surface area contributed by atoms with Gasteiger partial charge in [0.15, 0.2) is 5.65 Å². The number of rotatable bonds is 3. The molecule has 0 saturated heterocycles. The fraction of sp³-hybridized carbons (Fsp3) is 0.208. The Morgan fingerprint density at radius 1 is 1.12 bits per heavy atom. The van der Waals surface area contributed by atoms with Crippen LogP contribution in [-0.2, 0) is 12.6 Å². The van der Waals surface area contributed by atoms with Gasteiger partial charge in [-0.1, -0.05) is 36.4 Å². The van der Waals surface area contributed by atoms with Gasteiger partial charge >= 0.3 is 6.18 Å². The molecule has 1 amide bonds. The Labute approximate surface area is 181 Å². The predicted octanol–water partition coefficient (Wildman–Crippen LogP) is 5.14. The number of aryl methyl sites for hydroxylation is 2. The summed E-state index contributed by atoms with van der Waals surface area (Å²) in [4.78, 5) is 17.4. The van der Waals surface area contributed by atoms with Crippen LogP contribution in [0.25, 0.3) is 16.8 Å². The van der Waals surface area contributed by atoms with Crippen molar-refractivity contribution in [3.8, 4) is 11.1 Å². The van der Waals surface area contributed by atoms with Gasteiger partial charge in [0.1, 0.15) is 0 Å². The summed E-state index contributed by atoms with van der Waals surface area (Å²) in [5.74, 6) is -0.255. The van der Waals surface area contributed by atoms with Gasteiger partial charge < -0.3 is 5.32 Å². The van der Waals surface area contributed by atoms with Gasteiger partial charge in [-0.15, -0.1) is 0 Å². The van der Waals surface area contributed by atoms with E-state index in [9.17, 15) is 18.0 Å². The van der Waals surface area contributed by atoms with Crippen LogP contribution >= 0.6 is 0 Å². The van der Waals surface area contributed by atoms with Crippen molar-refractivity contribution in [2.45, 2.75) is 32.0 Å². The van der Waals surface area contributed by atoms with E-state index in [1.807, 2.05) is 18.2 Å². The molecule has 0 bridgehead atoms. The highest BCUT2D eigenvalue weighted by Gasteiger charge is 2.31. The Hall–Kier alpha value is -3.68. The molecule has 2 heterocycles. The molecule has 162 valence electrons. The van der Waals surface area contributed by atoms with Crippen LogP contribution in [0.5, 0.6) is 0 Å². The molecule has 4 aromatic rings. The molecule has 2 aromatic carbocycles. The fourth-order valence-corrected chi connectivity index (χ4v) is 4.28. The molecule has 0 aliphatic heterocycles. The Balaban J connectivity index is 1.47. The van der Waals surface area contributed by atoms with Gasteiger partial charge in [-0.05, 0) is 48.6 Å². The third kappa shape index (κ3) is 3.41. The van der Waals surface area contributed by atoms with Crippen molar-refractivity contribution < 1.29 is 18.0 Å². The number of aromatic nitrogens is 3. The van der Waals surface area contributed by atoms with Gasteiger partial charge in [0.05, 0.1) is 29.1 Å². The lowest BCUT2D eigenvalue weighted by Gasteiger charge is -2.15. The zero-order chi connectivity index (χ0) is 22.5. The molecule has 0 saturated carbocycles. The number of nitrogens with zero attached hydrogens (tertiary/aromatic N) is 3. The number of hydrogen-bond donors (Lipinski definition) is 1. The van der Waals surface area contributed by atoms with Crippen molar-refractivity contribution in [3.05, 3.63) is 88.9 Å².